The zero-order valence-electron chi connectivity index (χ0n) is 40.9. The van der Waals surface area contributed by atoms with Crippen LogP contribution in [0.5, 0.6) is 0 Å². The minimum absolute atomic E-state index is 0. The molecule has 2 aromatic carbocycles. The van der Waals surface area contributed by atoms with Crippen molar-refractivity contribution in [2.75, 3.05) is 25.1 Å². The Labute approximate surface area is 397 Å². The summed E-state index contributed by atoms with van der Waals surface area (Å²) < 4.78 is 23.1. The molecule has 60 heavy (non-hydrogen) atoms. The van der Waals surface area contributed by atoms with Gasteiger partial charge in [-0.3, -0.25) is 4.90 Å². The first-order valence-electron chi connectivity index (χ1n) is 20.9. The van der Waals surface area contributed by atoms with E-state index in [-0.39, 0.29) is 54.2 Å². The molecule has 2 aromatic rings. The predicted molar refractivity (Wildman–Crippen MR) is 248 cm³/mol. The van der Waals surface area contributed by atoms with E-state index < -0.39 is 33.9 Å². The molecule has 330 valence electrons. The number of carbonyl (C=O) groups excluding carboxylic acids is 2. The van der Waals surface area contributed by atoms with E-state index in [2.05, 4.69) is 101 Å². The molecule has 0 aliphatic heterocycles. The number of fused-ring (bicyclic) bond motifs is 2. The van der Waals surface area contributed by atoms with Gasteiger partial charge in [0, 0.05) is 18.5 Å². The van der Waals surface area contributed by atoms with Gasteiger partial charge < -0.3 is 25.1 Å². The molecule has 0 saturated carbocycles. The Kier molecular flexibility index (Phi) is 21.3. The maximum absolute atomic E-state index is 13.1. The summed E-state index contributed by atoms with van der Waals surface area (Å²) in [5, 5.41) is 22.8. The van der Waals surface area contributed by atoms with Crippen molar-refractivity contribution in [3.63, 3.8) is 0 Å². The molecule has 14 heteroatoms. The van der Waals surface area contributed by atoms with Gasteiger partial charge in [-0.05, 0) is 138 Å². The summed E-state index contributed by atoms with van der Waals surface area (Å²) in [5.74, 6) is 0. The number of benzene rings is 2. The van der Waals surface area contributed by atoms with Crippen LogP contribution in [0, 0.1) is 22.7 Å². The van der Waals surface area contributed by atoms with Crippen LogP contribution in [-0.2, 0) is 31.2 Å². The summed E-state index contributed by atoms with van der Waals surface area (Å²) >= 11 is 3.37. The molecule has 0 saturated heterocycles. The first kappa shape index (κ1) is 55.8. The van der Waals surface area contributed by atoms with Crippen LogP contribution in [0.15, 0.2) is 36.4 Å². The van der Waals surface area contributed by atoms with E-state index >= 15 is 0 Å². The van der Waals surface area contributed by atoms with Crippen molar-refractivity contribution in [1.82, 2.24) is 10.2 Å². The fraction of sp³-hybridized carbons (Fsp3) is 0.652. The van der Waals surface area contributed by atoms with Crippen LogP contribution in [0.4, 0.5) is 9.59 Å². The number of alkyl halides is 1. The third-order valence-electron chi connectivity index (χ3n) is 11.4. The molecule has 0 fully saturated rings. The van der Waals surface area contributed by atoms with E-state index in [1.807, 2.05) is 77.9 Å². The molecule has 4 rings (SSSR count). The summed E-state index contributed by atoms with van der Waals surface area (Å²) in [6, 6.07) is 15.7. The Morgan fingerprint density at radius 2 is 1.20 bits per heavy atom. The van der Waals surface area contributed by atoms with Crippen LogP contribution in [0.25, 0.3) is 0 Å². The van der Waals surface area contributed by atoms with Crippen LogP contribution < -0.4 is 34.9 Å². The fourth-order valence-electron chi connectivity index (χ4n) is 6.24. The van der Waals surface area contributed by atoms with Gasteiger partial charge >= 0.3 is 41.7 Å². The van der Waals surface area contributed by atoms with Crippen molar-refractivity contribution >= 4 is 44.8 Å². The average molecular weight is 938 g/mol. The van der Waals surface area contributed by atoms with Crippen LogP contribution >= 0.6 is 15.9 Å². The number of nitrogens with one attached hydrogen (secondary N) is 1. The van der Waals surface area contributed by atoms with Gasteiger partial charge in [0.2, 0.25) is 0 Å². The van der Waals surface area contributed by atoms with Crippen LogP contribution in [0.3, 0.4) is 0 Å². The Bertz CT molecular complexity index is 1820. The zero-order valence-corrected chi connectivity index (χ0v) is 45.5. The Morgan fingerprint density at radius 3 is 1.65 bits per heavy atom. The number of ether oxygens (including phenoxy) is 2. The van der Waals surface area contributed by atoms with Gasteiger partial charge in [-0.1, -0.05) is 81.7 Å². The molecule has 0 radical (unpaired) electrons. The summed E-state index contributed by atoms with van der Waals surface area (Å²) in [4.78, 5) is 26.6. The van der Waals surface area contributed by atoms with Gasteiger partial charge in [0.15, 0.2) is 16.6 Å². The number of hydrogen-bond acceptors (Lipinski definition) is 8. The van der Waals surface area contributed by atoms with Gasteiger partial charge in [-0.25, -0.2) is 9.59 Å². The monoisotopic (exact) mass is 936 g/mol. The molecule has 0 unspecified atom stereocenters. The first-order valence-corrected chi connectivity index (χ1v) is 27.8. The van der Waals surface area contributed by atoms with E-state index in [4.69, 9.17) is 23.6 Å². The maximum atomic E-state index is 13.1. The second-order valence-electron chi connectivity index (χ2n) is 20.3. The van der Waals surface area contributed by atoms with Crippen LogP contribution in [0.1, 0.15) is 143 Å². The van der Waals surface area contributed by atoms with Crippen molar-refractivity contribution < 1.29 is 58.9 Å². The van der Waals surface area contributed by atoms with Crippen molar-refractivity contribution in [3.8, 4) is 12.1 Å². The van der Waals surface area contributed by atoms with Gasteiger partial charge in [-0.2, -0.15) is 10.5 Å². The van der Waals surface area contributed by atoms with E-state index in [9.17, 15) is 14.9 Å². The van der Waals surface area contributed by atoms with E-state index in [0.29, 0.717) is 29.3 Å². The average Bonchev–Trinajstić information content (AvgIpc) is 3.71. The van der Waals surface area contributed by atoms with Crippen molar-refractivity contribution in [2.24, 2.45) is 0 Å². The summed E-state index contributed by atoms with van der Waals surface area (Å²) in [7, 11) is -3.36. The van der Waals surface area contributed by atoms with Crippen molar-refractivity contribution in [3.05, 3.63) is 69.8 Å². The van der Waals surface area contributed by atoms with E-state index in [0.717, 1.165) is 59.9 Å². The number of hydrogen-bond donors (Lipinski definition) is 1. The molecule has 0 bridgehead atoms. The largest absolute Gasteiger partial charge is 1.00 e. The minimum atomic E-state index is -1.90. The number of nitrogens with zero attached hydrogens (tertiary/aromatic N) is 3. The molecule has 0 heterocycles. The standard InChI is InChI=1S/C23H36N2O3Si.C15H18N2O2.C8H19BrOSi.Na.H/c1-22(2,3)28-21(26)25(14-15-27-29(7,8)23(4,5)6)20-13-12-18-17(16-24)10-9-11-19(18)20;1-15(2,3)19-14(18)17-13-8-7-11-10(9-16)5-4-6-12(11)13;1-8(2,3)11(4,5)10-7-6-9;;/h9-11,20H,12-15H2,1-8H3;4-6,13H,7-8H2,1-3H3,(H,17,18);6-7H2,1-5H3;;/q;;;+1;-1/t20-;13-;;;/m00.../s1. The molecule has 10 nitrogen and oxygen atoms in total. The third kappa shape index (κ3) is 16.8. The summed E-state index contributed by atoms with van der Waals surface area (Å²) in [6.07, 6.45) is 2.50. The van der Waals surface area contributed by atoms with Crippen LogP contribution in [0.2, 0.25) is 36.3 Å². The first-order chi connectivity index (χ1) is 27.0. The Morgan fingerprint density at radius 1 is 0.750 bits per heavy atom. The molecular formula is C46H74BrN4NaO6Si2. The van der Waals surface area contributed by atoms with Gasteiger partial charge in [0.25, 0.3) is 0 Å². The molecule has 2 aliphatic carbocycles. The molecule has 0 spiro atoms. The number of rotatable bonds is 9. The van der Waals surface area contributed by atoms with Gasteiger partial charge in [-0.15, -0.1) is 0 Å². The Hall–Kier alpha value is -2.21. The molecular weight excluding hydrogens is 864 g/mol. The van der Waals surface area contributed by atoms with E-state index in [1.54, 1.807) is 4.90 Å². The number of alkyl carbamates (subject to hydrolysis) is 1. The van der Waals surface area contributed by atoms with Crippen molar-refractivity contribution in [1.29, 1.82) is 10.5 Å². The van der Waals surface area contributed by atoms with E-state index in [1.165, 1.54) is 0 Å². The normalized spacial score (nSPS) is 16.2. The quantitative estimate of drug-likeness (QED) is 0.194. The minimum Gasteiger partial charge on any atom is -1.00 e. The fourth-order valence-corrected chi connectivity index (χ4v) is 8.78. The predicted octanol–water partition coefficient (Wildman–Crippen LogP) is 9.39. The molecule has 2 aliphatic rings. The van der Waals surface area contributed by atoms with Gasteiger partial charge in [0.1, 0.15) is 11.2 Å². The smallest absolute Gasteiger partial charge is 1.00 e. The van der Waals surface area contributed by atoms with Crippen LogP contribution in [-0.4, -0.2) is 70.0 Å². The number of nitriles is 2. The summed E-state index contributed by atoms with van der Waals surface area (Å²) in [5.41, 5.74) is 4.53. The number of carbonyl (C=O) groups is 2. The molecule has 0 aromatic heterocycles. The van der Waals surface area contributed by atoms with Gasteiger partial charge in [0.05, 0.1) is 42.0 Å². The topological polar surface area (TPSA) is 134 Å². The molecule has 2 atom stereocenters. The summed E-state index contributed by atoms with van der Waals surface area (Å²) in [6.45, 7) is 35.3. The second kappa shape index (κ2) is 22.9. The Balaban J connectivity index is 0.000000968. The number of halogens is 1. The third-order valence-corrected chi connectivity index (χ3v) is 20.8. The SMILES string of the molecule is CC(C)(C)OC(=O)N(CCO[Si](C)(C)C(C)(C)C)[C@H]1CCc2c(C#N)cccc21.CC(C)(C)OC(=O)N[C@H]1CCc2c(C#N)cccc21.CC(C)(C)[Si](C)(C)OCCBr.[H-].[Na+]. The van der Waals surface area contributed by atoms with Crippen molar-refractivity contribution in [2.45, 2.75) is 168 Å². The second-order valence-corrected chi connectivity index (χ2v) is 30.8. The zero-order chi connectivity index (χ0) is 45.2. The number of amides is 2. The molecule has 2 amide bonds. The molecule has 1 N–H and O–H groups in total. The maximum Gasteiger partial charge on any atom is 1.00 e.